The van der Waals surface area contributed by atoms with Gasteiger partial charge in [-0.25, -0.2) is 0 Å². The molecule has 0 spiro atoms. The molecule has 1 fully saturated rings. The predicted molar refractivity (Wildman–Crippen MR) is 82.7 cm³/mol. The maximum Gasteiger partial charge on any atom is 0.264 e. The molecule has 2 aromatic rings. The molecule has 1 aromatic carbocycles. The van der Waals surface area contributed by atoms with E-state index in [1.807, 2.05) is 11.0 Å². The first kappa shape index (κ1) is 14.1. The summed E-state index contributed by atoms with van der Waals surface area (Å²) in [5.41, 5.74) is 0.430. The minimum absolute atomic E-state index is 0.174. The van der Waals surface area contributed by atoms with Crippen LogP contribution < -0.4 is 10.5 Å². The van der Waals surface area contributed by atoms with Crippen molar-refractivity contribution >= 4 is 21.9 Å². The Bertz CT molecular complexity index is 711. The summed E-state index contributed by atoms with van der Waals surface area (Å²) >= 11 is 3.35. The number of aromatic amines is 1. The number of nitrogens with one attached hydrogen (secondary N) is 1. The Labute approximate surface area is 129 Å². The average Bonchev–Trinajstić information content (AvgIpc) is 2.47. The number of ether oxygens (including phenoxy) is 1. The third-order valence-corrected chi connectivity index (χ3v) is 3.80. The second kappa shape index (κ2) is 5.87. The van der Waals surface area contributed by atoms with Gasteiger partial charge in [0.05, 0.1) is 13.2 Å². The van der Waals surface area contributed by atoms with Crippen molar-refractivity contribution in [1.29, 1.82) is 0 Å². The first-order chi connectivity index (χ1) is 10.1. The third-order valence-electron chi connectivity index (χ3n) is 3.31. The van der Waals surface area contributed by atoms with Gasteiger partial charge in [-0.2, -0.15) is 4.98 Å². The van der Waals surface area contributed by atoms with Crippen molar-refractivity contribution in [2.75, 3.05) is 31.2 Å². The Kier molecular flexibility index (Phi) is 3.94. The maximum atomic E-state index is 12.3. The second-order valence-corrected chi connectivity index (χ2v) is 5.61. The summed E-state index contributed by atoms with van der Waals surface area (Å²) in [7, 11) is 0. The number of rotatable bonds is 2. The molecule has 1 aromatic heterocycles. The van der Waals surface area contributed by atoms with Crippen LogP contribution in [0.5, 0.6) is 5.88 Å². The number of aromatic nitrogens is 2. The molecule has 2 heterocycles. The third kappa shape index (κ3) is 2.93. The van der Waals surface area contributed by atoms with Crippen LogP contribution in [0.2, 0.25) is 0 Å². The number of anilines is 1. The lowest BCUT2D eigenvalue weighted by Crippen LogP contribution is -2.38. The lowest BCUT2D eigenvalue weighted by atomic mass is 10.1. The summed E-state index contributed by atoms with van der Waals surface area (Å²) < 4.78 is 6.09. The van der Waals surface area contributed by atoms with Crippen LogP contribution in [0.4, 0.5) is 5.95 Å². The van der Waals surface area contributed by atoms with Gasteiger partial charge in [0.1, 0.15) is 5.56 Å². The van der Waals surface area contributed by atoms with Crippen molar-refractivity contribution in [3.05, 3.63) is 39.1 Å². The molecule has 0 atom stereocenters. The Morgan fingerprint density at radius 1 is 1.33 bits per heavy atom. The van der Waals surface area contributed by atoms with E-state index < -0.39 is 0 Å². The molecular weight excluding hydrogens is 338 g/mol. The van der Waals surface area contributed by atoms with Crippen LogP contribution >= 0.6 is 15.9 Å². The van der Waals surface area contributed by atoms with Gasteiger partial charge in [-0.3, -0.25) is 9.78 Å². The Balaban J connectivity index is 2.02. The number of benzene rings is 1. The molecule has 1 saturated heterocycles. The highest BCUT2D eigenvalue weighted by molar-refractivity contribution is 9.10. The smallest absolute Gasteiger partial charge is 0.264 e. The van der Waals surface area contributed by atoms with Gasteiger partial charge in [0.15, 0.2) is 0 Å². The minimum atomic E-state index is -0.359. The summed E-state index contributed by atoms with van der Waals surface area (Å²) in [6.45, 7) is 2.44. The first-order valence-electron chi connectivity index (χ1n) is 6.57. The molecule has 0 bridgehead atoms. The normalized spacial score (nSPS) is 15.2. The van der Waals surface area contributed by atoms with Crippen molar-refractivity contribution in [3.63, 3.8) is 0 Å². The van der Waals surface area contributed by atoms with Crippen molar-refractivity contribution in [1.82, 2.24) is 9.97 Å². The molecule has 110 valence electrons. The zero-order chi connectivity index (χ0) is 14.8. The van der Waals surface area contributed by atoms with Crippen LogP contribution in [0.15, 0.2) is 33.5 Å². The fourth-order valence-corrected chi connectivity index (χ4v) is 2.68. The summed E-state index contributed by atoms with van der Waals surface area (Å²) in [4.78, 5) is 21.0. The fourth-order valence-electron chi connectivity index (χ4n) is 2.28. The van der Waals surface area contributed by atoms with Crippen LogP contribution in [0, 0.1) is 0 Å². The molecular formula is C14H14BrN3O3. The fraction of sp³-hybridized carbons (Fsp3) is 0.286. The number of nitrogens with zero attached hydrogens (tertiary/aromatic N) is 2. The molecule has 7 heteroatoms. The summed E-state index contributed by atoms with van der Waals surface area (Å²) in [5.74, 6) is 0.109. The number of H-pyrrole nitrogens is 1. The SMILES string of the molecule is O=c1[nH]c(N2CCOCC2)nc(O)c1-c1cccc(Br)c1. The van der Waals surface area contributed by atoms with Crippen molar-refractivity contribution in [2.24, 2.45) is 0 Å². The molecule has 0 amide bonds. The average molecular weight is 352 g/mol. The standard InChI is InChI=1S/C14H14BrN3O3/c15-10-3-1-2-9(8-10)11-12(19)16-14(17-13(11)20)18-4-6-21-7-5-18/h1-3,8H,4-7H2,(H2,16,17,19,20). The van der Waals surface area contributed by atoms with E-state index in [9.17, 15) is 9.90 Å². The van der Waals surface area contributed by atoms with Crippen molar-refractivity contribution in [3.8, 4) is 17.0 Å². The van der Waals surface area contributed by atoms with Crippen LogP contribution in [0.1, 0.15) is 0 Å². The van der Waals surface area contributed by atoms with Crippen LogP contribution in [0.3, 0.4) is 0 Å². The summed E-state index contributed by atoms with van der Waals surface area (Å²) in [5, 5.41) is 10.1. The van der Waals surface area contributed by atoms with Gasteiger partial charge in [0.25, 0.3) is 5.56 Å². The Hall–Kier alpha value is -1.86. The van der Waals surface area contributed by atoms with Gasteiger partial charge in [-0.15, -0.1) is 0 Å². The molecule has 0 saturated carbocycles. The number of hydrogen-bond acceptors (Lipinski definition) is 5. The van der Waals surface area contributed by atoms with Crippen molar-refractivity contribution in [2.45, 2.75) is 0 Å². The quantitative estimate of drug-likeness (QED) is 0.861. The zero-order valence-corrected chi connectivity index (χ0v) is 12.8. The highest BCUT2D eigenvalue weighted by atomic mass is 79.9. The molecule has 1 aliphatic rings. The number of morpholine rings is 1. The predicted octanol–water partition coefficient (Wildman–Crippen LogP) is 1.74. The molecule has 6 nitrogen and oxygen atoms in total. The van der Waals surface area contributed by atoms with E-state index in [-0.39, 0.29) is 17.0 Å². The maximum absolute atomic E-state index is 12.3. The molecule has 3 rings (SSSR count). The van der Waals surface area contributed by atoms with Gasteiger partial charge >= 0.3 is 0 Å². The van der Waals surface area contributed by atoms with Gasteiger partial charge < -0.3 is 14.7 Å². The summed E-state index contributed by atoms with van der Waals surface area (Å²) in [6, 6.07) is 7.17. The molecule has 0 radical (unpaired) electrons. The van der Waals surface area contributed by atoms with Gasteiger partial charge in [0, 0.05) is 17.6 Å². The highest BCUT2D eigenvalue weighted by Crippen LogP contribution is 2.27. The van der Waals surface area contributed by atoms with E-state index in [1.165, 1.54) is 0 Å². The molecule has 21 heavy (non-hydrogen) atoms. The van der Waals surface area contributed by atoms with E-state index in [0.717, 1.165) is 4.47 Å². The molecule has 2 N–H and O–H groups in total. The van der Waals surface area contributed by atoms with Gasteiger partial charge in [0.2, 0.25) is 11.8 Å². The van der Waals surface area contributed by atoms with Crippen LogP contribution in [0.25, 0.3) is 11.1 Å². The number of hydrogen-bond donors (Lipinski definition) is 2. The number of aromatic hydroxyl groups is 1. The molecule has 0 aliphatic carbocycles. The monoisotopic (exact) mass is 351 g/mol. The van der Waals surface area contributed by atoms with E-state index in [1.54, 1.807) is 18.2 Å². The minimum Gasteiger partial charge on any atom is -0.493 e. The van der Waals surface area contributed by atoms with E-state index in [0.29, 0.717) is 37.8 Å². The Morgan fingerprint density at radius 3 is 2.76 bits per heavy atom. The van der Waals surface area contributed by atoms with Gasteiger partial charge in [-0.05, 0) is 17.7 Å². The highest BCUT2D eigenvalue weighted by Gasteiger charge is 2.18. The zero-order valence-electron chi connectivity index (χ0n) is 11.2. The van der Waals surface area contributed by atoms with Crippen LogP contribution in [-0.2, 0) is 4.74 Å². The summed E-state index contributed by atoms with van der Waals surface area (Å²) in [6.07, 6.45) is 0. The second-order valence-electron chi connectivity index (χ2n) is 4.70. The Morgan fingerprint density at radius 2 is 2.10 bits per heavy atom. The lowest BCUT2D eigenvalue weighted by Gasteiger charge is -2.27. The number of halogens is 1. The largest absolute Gasteiger partial charge is 0.493 e. The molecule has 0 unspecified atom stereocenters. The van der Waals surface area contributed by atoms with E-state index >= 15 is 0 Å². The van der Waals surface area contributed by atoms with E-state index in [2.05, 4.69) is 25.9 Å². The van der Waals surface area contributed by atoms with Gasteiger partial charge in [-0.1, -0.05) is 28.1 Å². The lowest BCUT2D eigenvalue weighted by molar-refractivity contribution is 0.122. The van der Waals surface area contributed by atoms with Crippen LogP contribution in [-0.4, -0.2) is 41.4 Å². The molecule has 1 aliphatic heterocycles. The van der Waals surface area contributed by atoms with Crippen molar-refractivity contribution < 1.29 is 9.84 Å². The topological polar surface area (TPSA) is 78.5 Å². The first-order valence-corrected chi connectivity index (χ1v) is 7.36. The van der Waals surface area contributed by atoms with E-state index in [4.69, 9.17) is 4.74 Å².